The van der Waals surface area contributed by atoms with Crippen LogP contribution in [0.3, 0.4) is 0 Å². The van der Waals surface area contributed by atoms with E-state index in [9.17, 15) is 4.39 Å². The van der Waals surface area contributed by atoms with Crippen LogP contribution in [0.1, 0.15) is 54.0 Å². The Morgan fingerprint density at radius 1 is 1.21 bits per heavy atom. The second-order valence-electron chi connectivity index (χ2n) is 9.82. The zero-order chi connectivity index (χ0) is 26.9. The first-order valence-corrected chi connectivity index (χ1v) is 14.3. The van der Waals surface area contributed by atoms with Crippen molar-refractivity contribution in [3.63, 3.8) is 0 Å². The van der Waals surface area contributed by atoms with E-state index < -0.39 is 0 Å². The van der Waals surface area contributed by atoms with Gasteiger partial charge in [-0.1, -0.05) is 61.1 Å². The molecule has 0 saturated heterocycles. The van der Waals surface area contributed by atoms with Gasteiger partial charge in [0.1, 0.15) is 10.2 Å². The van der Waals surface area contributed by atoms with Crippen molar-refractivity contribution in [3.8, 4) is 18.1 Å². The lowest BCUT2D eigenvalue weighted by Gasteiger charge is -2.18. The Labute approximate surface area is 234 Å². The summed E-state index contributed by atoms with van der Waals surface area (Å²) in [6, 6.07) is 14.9. The molecule has 0 saturated carbocycles. The van der Waals surface area contributed by atoms with E-state index in [0.717, 1.165) is 41.2 Å². The number of benzene rings is 2. The number of hydrogen-bond acceptors (Lipinski definition) is 6. The number of nitrogens with zero attached hydrogens (tertiary/aromatic N) is 3. The molecule has 0 fully saturated rings. The number of aryl methyl sites for hydroxylation is 1. The molecule has 3 aromatic heterocycles. The minimum absolute atomic E-state index is 0.242. The van der Waals surface area contributed by atoms with E-state index in [-0.39, 0.29) is 11.6 Å². The van der Waals surface area contributed by atoms with E-state index in [4.69, 9.17) is 23.4 Å². The molecule has 2 atom stereocenters. The maximum absolute atomic E-state index is 13.7. The van der Waals surface area contributed by atoms with Crippen molar-refractivity contribution >= 4 is 46.0 Å². The molecule has 6 nitrogen and oxygen atoms in total. The molecule has 1 aliphatic carbocycles. The van der Waals surface area contributed by atoms with Gasteiger partial charge in [0, 0.05) is 28.3 Å². The second-order valence-corrected chi connectivity index (χ2v) is 11.3. The third kappa shape index (κ3) is 5.14. The monoisotopic (exact) mass is 555 g/mol. The van der Waals surface area contributed by atoms with Crippen LogP contribution in [-0.4, -0.2) is 37.5 Å². The van der Waals surface area contributed by atoms with Gasteiger partial charge < -0.3 is 14.7 Å². The third-order valence-corrected chi connectivity index (χ3v) is 8.44. The standard InChI is InChI=1S/C30H26FN5OS2/c1-3-18-15-21-9-8-20(26(21)33-29(18)38)14-17(2)19-10-11-22-24(16-19)32-28-27(22)35-36-30(34-28)39-13-12-37-25-7-5-4-6-23(25)31/h1,4-7,10-11,15-17,20H,8-9,12-14H2,2H3,(H,33,38)(H,32,34,36). The summed E-state index contributed by atoms with van der Waals surface area (Å²) in [4.78, 5) is 11.5. The average molecular weight is 556 g/mol. The van der Waals surface area contributed by atoms with Crippen LogP contribution in [0.2, 0.25) is 0 Å². The normalized spacial score (nSPS) is 15.4. The fourth-order valence-electron chi connectivity index (χ4n) is 5.33. The molecular weight excluding hydrogens is 529 g/mol. The van der Waals surface area contributed by atoms with Crippen LogP contribution >= 0.6 is 24.0 Å². The summed E-state index contributed by atoms with van der Waals surface area (Å²) in [6.45, 7) is 2.60. The van der Waals surface area contributed by atoms with E-state index in [1.807, 2.05) is 0 Å². The molecule has 3 heterocycles. The van der Waals surface area contributed by atoms with E-state index >= 15 is 0 Å². The van der Waals surface area contributed by atoms with Gasteiger partial charge in [-0.15, -0.1) is 16.6 Å². The molecule has 39 heavy (non-hydrogen) atoms. The predicted molar refractivity (Wildman–Crippen MR) is 155 cm³/mol. The SMILES string of the molecule is C#Cc1cc2c([nH]c1=S)C(CC(C)c1ccc3c(c1)[nH]c1nc(SCCOc4ccccc4F)nnc13)CC2. The van der Waals surface area contributed by atoms with Gasteiger partial charge >= 0.3 is 0 Å². The number of fused-ring (bicyclic) bond motifs is 4. The third-order valence-electron chi connectivity index (χ3n) is 7.32. The molecule has 0 bridgehead atoms. The minimum atomic E-state index is -0.371. The first kappa shape index (κ1) is 25.5. The molecule has 2 unspecified atom stereocenters. The van der Waals surface area contributed by atoms with E-state index in [1.54, 1.807) is 18.2 Å². The highest BCUT2D eigenvalue weighted by Crippen LogP contribution is 2.39. The van der Waals surface area contributed by atoms with Crippen molar-refractivity contribution in [2.75, 3.05) is 12.4 Å². The Bertz CT molecular complexity index is 1790. The maximum Gasteiger partial charge on any atom is 0.211 e. The lowest BCUT2D eigenvalue weighted by molar-refractivity contribution is 0.325. The summed E-state index contributed by atoms with van der Waals surface area (Å²) in [7, 11) is 0. The predicted octanol–water partition coefficient (Wildman–Crippen LogP) is 7.08. The molecule has 0 amide bonds. The fraction of sp³-hybridized carbons (Fsp3) is 0.267. The number of terminal acetylenes is 1. The number of para-hydroxylation sites is 1. The Morgan fingerprint density at radius 2 is 2.08 bits per heavy atom. The number of hydrogen-bond donors (Lipinski definition) is 2. The van der Waals surface area contributed by atoms with Gasteiger partial charge in [0.25, 0.3) is 0 Å². The lowest BCUT2D eigenvalue weighted by Crippen LogP contribution is -2.04. The number of pyridine rings is 1. The highest BCUT2D eigenvalue weighted by atomic mass is 32.2. The van der Waals surface area contributed by atoms with Crippen LogP contribution in [0.15, 0.2) is 53.7 Å². The topological polar surface area (TPSA) is 79.5 Å². The Morgan fingerprint density at radius 3 is 2.92 bits per heavy atom. The molecule has 0 radical (unpaired) electrons. The molecule has 2 aromatic carbocycles. The summed E-state index contributed by atoms with van der Waals surface area (Å²) >= 11 is 6.88. The summed E-state index contributed by atoms with van der Waals surface area (Å²) in [6.07, 6.45) is 8.74. The quantitative estimate of drug-likeness (QED) is 0.0922. The molecule has 0 aliphatic heterocycles. The van der Waals surface area contributed by atoms with Gasteiger partial charge in [0.2, 0.25) is 5.16 Å². The number of ether oxygens (including phenoxy) is 1. The zero-order valence-electron chi connectivity index (χ0n) is 21.3. The molecule has 9 heteroatoms. The summed E-state index contributed by atoms with van der Waals surface area (Å²) < 4.78 is 19.9. The maximum atomic E-state index is 13.7. The summed E-state index contributed by atoms with van der Waals surface area (Å²) in [5.41, 5.74) is 7.00. The Kier molecular flexibility index (Phi) is 7.07. The molecule has 2 N–H and O–H groups in total. The smallest absolute Gasteiger partial charge is 0.211 e. The van der Waals surface area contributed by atoms with Gasteiger partial charge in [-0.2, -0.15) is 0 Å². The number of H-pyrrole nitrogens is 2. The Hall–Kier alpha value is -3.74. The highest BCUT2D eigenvalue weighted by molar-refractivity contribution is 7.99. The van der Waals surface area contributed by atoms with E-state index in [1.165, 1.54) is 34.6 Å². The highest BCUT2D eigenvalue weighted by Gasteiger charge is 2.26. The van der Waals surface area contributed by atoms with E-state index in [0.29, 0.717) is 39.6 Å². The minimum Gasteiger partial charge on any atom is -0.490 e. The van der Waals surface area contributed by atoms with Crippen molar-refractivity contribution in [1.29, 1.82) is 0 Å². The van der Waals surface area contributed by atoms with Gasteiger partial charge in [-0.25, -0.2) is 9.37 Å². The molecule has 0 spiro atoms. The van der Waals surface area contributed by atoms with Crippen LogP contribution in [0.5, 0.6) is 5.75 Å². The van der Waals surface area contributed by atoms with Gasteiger partial charge in [0.15, 0.2) is 17.2 Å². The molecule has 6 rings (SSSR count). The second kappa shape index (κ2) is 10.8. The molecule has 196 valence electrons. The fourth-order valence-corrected chi connectivity index (χ4v) is 6.16. The number of nitrogens with one attached hydrogen (secondary N) is 2. The number of aromatic amines is 2. The van der Waals surface area contributed by atoms with Crippen molar-refractivity contribution in [2.45, 2.75) is 43.2 Å². The van der Waals surface area contributed by atoms with Crippen LogP contribution in [0.25, 0.3) is 22.1 Å². The zero-order valence-corrected chi connectivity index (χ0v) is 23.0. The van der Waals surface area contributed by atoms with Crippen LogP contribution in [0, 0.1) is 22.8 Å². The largest absolute Gasteiger partial charge is 0.490 e. The average Bonchev–Trinajstić information content (AvgIpc) is 3.50. The summed E-state index contributed by atoms with van der Waals surface area (Å²) in [5, 5.41) is 10.3. The molecule has 5 aromatic rings. The number of aromatic nitrogens is 5. The number of halogens is 1. The van der Waals surface area contributed by atoms with Crippen molar-refractivity contribution in [2.24, 2.45) is 0 Å². The van der Waals surface area contributed by atoms with Crippen molar-refractivity contribution in [3.05, 3.63) is 81.4 Å². The van der Waals surface area contributed by atoms with Crippen LogP contribution < -0.4 is 4.74 Å². The lowest BCUT2D eigenvalue weighted by atomic mass is 9.88. The van der Waals surface area contributed by atoms with Crippen LogP contribution in [-0.2, 0) is 6.42 Å². The molecule has 1 aliphatic rings. The van der Waals surface area contributed by atoms with Gasteiger partial charge in [-0.3, -0.25) is 0 Å². The first-order chi connectivity index (χ1) is 19.0. The number of rotatable bonds is 8. The van der Waals surface area contributed by atoms with Gasteiger partial charge in [-0.05, 0) is 60.6 Å². The van der Waals surface area contributed by atoms with E-state index in [2.05, 4.69) is 62.3 Å². The Balaban J connectivity index is 1.14. The summed E-state index contributed by atoms with van der Waals surface area (Å²) in [5.74, 6) is 3.91. The van der Waals surface area contributed by atoms with Crippen molar-refractivity contribution in [1.82, 2.24) is 25.1 Å². The van der Waals surface area contributed by atoms with Crippen molar-refractivity contribution < 1.29 is 9.13 Å². The van der Waals surface area contributed by atoms with Gasteiger partial charge in [0.05, 0.1) is 12.2 Å². The van der Waals surface area contributed by atoms with Crippen LogP contribution in [0.4, 0.5) is 4.39 Å². The first-order valence-electron chi connectivity index (χ1n) is 12.9. The number of thioether (sulfide) groups is 1. The molecular formula is C30H26FN5OS2.